The highest BCUT2D eigenvalue weighted by molar-refractivity contribution is 5.85. The van der Waals surface area contributed by atoms with Gasteiger partial charge in [0.15, 0.2) is 0 Å². The second-order valence-electron chi connectivity index (χ2n) is 6.99. The van der Waals surface area contributed by atoms with E-state index in [2.05, 4.69) is 31.2 Å². The lowest BCUT2D eigenvalue weighted by Gasteiger charge is -2.45. The van der Waals surface area contributed by atoms with Crippen LogP contribution in [-0.2, 0) is 4.79 Å². The summed E-state index contributed by atoms with van der Waals surface area (Å²) >= 11 is 0. The van der Waals surface area contributed by atoms with Gasteiger partial charge in [0.1, 0.15) is 0 Å². The lowest BCUT2D eigenvalue weighted by atomic mass is 9.75. The predicted molar refractivity (Wildman–Crippen MR) is 77.8 cm³/mol. The molecule has 2 aliphatic rings. The van der Waals surface area contributed by atoms with Crippen LogP contribution < -0.4 is 11.1 Å². The third kappa shape index (κ3) is 2.95. The molecule has 4 heteroatoms. The van der Waals surface area contributed by atoms with Gasteiger partial charge >= 0.3 is 0 Å². The molecule has 0 bridgehead atoms. The second-order valence-corrected chi connectivity index (χ2v) is 6.99. The molecule has 0 aromatic carbocycles. The number of nitrogens with two attached hydrogens (primary N) is 1. The highest BCUT2D eigenvalue weighted by atomic mass is 16.2. The van der Waals surface area contributed by atoms with Gasteiger partial charge in [0, 0.05) is 18.6 Å². The quantitative estimate of drug-likeness (QED) is 0.790. The van der Waals surface area contributed by atoms with Gasteiger partial charge in [0.05, 0.1) is 5.41 Å². The van der Waals surface area contributed by atoms with Crippen molar-refractivity contribution in [3.8, 4) is 0 Å². The molecular weight excluding hydrogens is 238 g/mol. The zero-order valence-electron chi connectivity index (χ0n) is 12.7. The number of rotatable bonds is 5. The average molecular weight is 267 g/mol. The standard InChI is InChI=1S/C15H29N3O/c1-12-5-4-6-15(9-12,18(2)3)11-17-13(19)14(10-16)7-8-14/h12H,4-11,16H2,1-3H3,(H,17,19). The van der Waals surface area contributed by atoms with Crippen LogP contribution in [0, 0.1) is 11.3 Å². The van der Waals surface area contributed by atoms with Crippen LogP contribution in [-0.4, -0.2) is 43.5 Å². The Labute approximate surface area is 117 Å². The highest BCUT2D eigenvalue weighted by Crippen LogP contribution is 2.45. The molecule has 0 radical (unpaired) electrons. The summed E-state index contributed by atoms with van der Waals surface area (Å²) in [6.45, 7) is 3.58. The zero-order valence-corrected chi connectivity index (χ0v) is 12.7. The number of nitrogens with zero attached hydrogens (tertiary/aromatic N) is 1. The molecule has 3 N–H and O–H groups in total. The maximum atomic E-state index is 12.2. The molecular formula is C15H29N3O. The first kappa shape index (κ1) is 14.8. The fourth-order valence-electron chi connectivity index (χ4n) is 3.46. The molecule has 2 fully saturated rings. The summed E-state index contributed by atoms with van der Waals surface area (Å²) in [7, 11) is 4.28. The molecule has 0 heterocycles. The molecule has 19 heavy (non-hydrogen) atoms. The number of likely N-dealkylation sites (N-methyl/N-ethyl adjacent to an activating group) is 1. The molecule has 2 aliphatic carbocycles. The summed E-state index contributed by atoms with van der Waals surface area (Å²) in [5.74, 6) is 0.923. The van der Waals surface area contributed by atoms with Gasteiger partial charge in [-0.3, -0.25) is 4.79 Å². The number of hydrogen-bond acceptors (Lipinski definition) is 3. The van der Waals surface area contributed by atoms with Crippen molar-refractivity contribution >= 4 is 5.91 Å². The lowest BCUT2D eigenvalue weighted by Crippen LogP contribution is -2.56. The van der Waals surface area contributed by atoms with Crippen LogP contribution in [0.1, 0.15) is 45.4 Å². The van der Waals surface area contributed by atoms with Crippen LogP contribution >= 0.6 is 0 Å². The van der Waals surface area contributed by atoms with Gasteiger partial charge in [0.25, 0.3) is 0 Å². The van der Waals surface area contributed by atoms with E-state index in [1.807, 2.05) is 0 Å². The SMILES string of the molecule is CC1CCCC(CNC(=O)C2(CN)CC2)(N(C)C)C1. The molecule has 2 saturated carbocycles. The van der Waals surface area contributed by atoms with Gasteiger partial charge in [-0.05, 0) is 45.7 Å². The first-order valence-electron chi connectivity index (χ1n) is 7.60. The average Bonchev–Trinajstić information content (AvgIpc) is 3.17. The topological polar surface area (TPSA) is 58.4 Å². The fourth-order valence-corrected chi connectivity index (χ4v) is 3.46. The van der Waals surface area contributed by atoms with E-state index in [1.165, 1.54) is 25.7 Å². The summed E-state index contributed by atoms with van der Waals surface area (Å²) in [4.78, 5) is 14.5. The first-order valence-corrected chi connectivity index (χ1v) is 7.60. The van der Waals surface area contributed by atoms with Gasteiger partial charge in [-0.1, -0.05) is 19.8 Å². The van der Waals surface area contributed by atoms with Crippen LogP contribution in [0.3, 0.4) is 0 Å². The Morgan fingerprint density at radius 3 is 2.53 bits per heavy atom. The van der Waals surface area contributed by atoms with Crippen LogP contribution in [0.4, 0.5) is 0 Å². The molecule has 110 valence electrons. The Balaban J connectivity index is 1.96. The maximum Gasteiger partial charge on any atom is 0.227 e. The third-order valence-corrected chi connectivity index (χ3v) is 5.32. The van der Waals surface area contributed by atoms with Crippen molar-refractivity contribution in [1.82, 2.24) is 10.2 Å². The number of hydrogen-bond donors (Lipinski definition) is 2. The fraction of sp³-hybridized carbons (Fsp3) is 0.933. The minimum absolute atomic E-state index is 0.137. The van der Waals surface area contributed by atoms with Crippen LogP contribution in [0.15, 0.2) is 0 Å². The molecule has 0 spiro atoms. The van der Waals surface area contributed by atoms with E-state index in [0.717, 1.165) is 25.3 Å². The van der Waals surface area contributed by atoms with Gasteiger partial charge < -0.3 is 16.0 Å². The normalized spacial score (nSPS) is 33.2. The molecule has 0 aromatic rings. The van der Waals surface area contributed by atoms with Crippen molar-refractivity contribution in [2.24, 2.45) is 17.1 Å². The van der Waals surface area contributed by atoms with Crippen molar-refractivity contribution in [1.29, 1.82) is 0 Å². The monoisotopic (exact) mass is 267 g/mol. The van der Waals surface area contributed by atoms with Crippen LogP contribution in [0.5, 0.6) is 0 Å². The van der Waals surface area contributed by atoms with E-state index >= 15 is 0 Å². The number of carbonyl (C=O) groups is 1. The van der Waals surface area contributed by atoms with E-state index in [1.54, 1.807) is 0 Å². The number of carbonyl (C=O) groups excluding carboxylic acids is 1. The Morgan fingerprint density at radius 2 is 2.05 bits per heavy atom. The number of nitrogens with one attached hydrogen (secondary N) is 1. The molecule has 2 rings (SSSR count). The number of amides is 1. The second kappa shape index (κ2) is 5.41. The third-order valence-electron chi connectivity index (χ3n) is 5.32. The van der Waals surface area contributed by atoms with E-state index in [0.29, 0.717) is 6.54 Å². The Kier molecular flexibility index (Phi) is 4.21. The summed E-state index contributed by atoms with van der Waals surface area (Å²) in [6.07, 6.45) is 6.85. The minimum atomic E-state index is -0.228. The molecule has 4 nitrogen and oxygen atoms in total. The molecule has 2 unspecified atom stereocenters. The summed E-state index contributed by atoms with van der Waals surface area (Å²) in [5.41, 5.74) is 5.63. The van der Waals surface area contributed by atoms with Crippen LogP contribution in [0.25, 0.3) is 0 Å². The maximum absolute atomic E-state index is 12.2. The van der Waals surface area contributed by atoms with Crippen molar-refractivity contribution in [2.75, 3.05) is 27.2 Å². The first-order chi connectivity index (χ1) is 8.94. The van der Waals surface area contributed by atoms with Crippen molar-refractivity contribution in [3.63, 3.8) is 0 Å². The van der Waals surface area contributed by atoms with Gasteiger partial charge in [-0.2, -0.15) is 0 Å². The molecule has 2 atom stereocenters. The summed E-state index contributed by atoms with van der Waals surface area (Å²) in [6, 6.07) is 0. The predicted octanol–water partition coefficient (Wildman–Crippen LogP) is 1.35. The molecule has 1 amide bonds. The van der Waals surface area contributed by atoms with Crippen LogP contribution in [0.2, 0.25) is 0 Å². The molecule has 0 saturated heterocycles. The highest BCUT2D eigenvalue weighted by Gasteiger charge is 2.49. The van der Waals surface area contributed by atoms with Gasteiger partial charge in [-0.25, -0.2) is 0 Å². The zero-order chi connectivity index (χ0) is 14.1. The van der Waals surface area contributed by atoms with Gasteiger partial charge in [0.2, 0.25) is 5.91 Å². The smallest absolute Gasteiger partial charge is 0.227 e. The van der Waals surface area contributed by atoms with E-state index in [-0.39, 0.29) is 16.9 Å². The Bertz CT molecular complexity index is 338. The molecule has 0 aromatic heterocycles. The largest absolute Gasteiger partial charge is 0.354 e. The van der Waals surface area contributed by atoms with E-state index in [9.17, 15) is 4.79 Å². The van der Waals surface area contributed by atoms with E-state index < -0.39 is 0 Å². The van der Waals surface area contributed by atoms with Crippen molar-refractivity contribution < 1.29 is 4.79 Å². The Hall–Kier alpha value is -0.610. The lowest BCUT2D eigenvalue weighted by molar-refractivity contribution is -0.126. The van der Waals surface area contributed by atoms with Crippen molar-refractivity contribution in [2.45, 2.75) is 51.0 Å². The summed E-state index contributed by atoms with van der Waals surface area (Å²) < 4.78 is 0. The van der Waals surface area contributed by atoms with Crippen molar-refractivity contribution in [3.05, 3.63) is 0 Å². The van der Waals surface area contributed by atoms with Gasteiger partial charge in [-0.15, -0.1) is 0 Å². The minimum Gasteiger partial charge on any atom is -0.354 e. The Morgan fingerprint density at radius 1 is 1.37 bits per heavy atom. The van der Waals surface area contributed by atoms with E-state index in [4.69, 9.17) is 5.73 Å². The summed E-state index contributed by atoms with van der Waals surface area (Å²) in [5, 5.41) is 3.19. The molecule has 0 aliphatic heterocycles.